The van der Waals surface area contributed by atoms with Crippen LogP contribution in [-0.2, 0) is 5.60 Å². The Morgan fingerprint density at radius 1 is 1.29 bits per heavy atom. The first-order chi connectivity index (χ1) is 10.1. The lowest BCUT2D eigenvalue weighted by Gasteiger charge is -2.24. The summed E-state index contributed by atoms with van der Waals surface area (Å²) in [4.78, 5) is 0.965. The highest BCUT2D eigenvalue weighted by molar-refractivity contribution is 7.10. The maximum Gasteiger partial charge on any atom is 0.134 e. The van der Waals surface area contributed by atoms with Crippen molar-refractivity contribution in [3.05, 3.63) is 58.5 Å². The van der Waals surface area contributed by atoms with Gasteiger partial charge in [0, 0.05) is 16.8 Å². The molecule has 0 fully saturated rings. The monoisotopic (exact) mass is 301 g/mol. The molecule has 0 saturated heterocycles. The third-order valence-electron chi connectivity index (χ3n) is 3.68. The van der Waals surface area contributed by atoms with Gasteiger partial charge in [-0.1, -0.05) is 24.3 Å². The molecule has 110 valence electrons. The van der Waals surface area contributed by atoms with Gasteiger partial charge in [-0.3, -0.25) is 0 Å². The molecule has 3 aromatic rings. The Bertz CT molecular complexity index is 682. The third kappa shape index (κ3) is 3.02. The fourth-order valence-electron chi connectivity index (χ4n) is 2.34. The van der Waals surface area contributed by atoms with Gasteiger partial charge in [0.25, 0.3) is 0 Å². The predicted molar refractivity (Wildman–Crippen MR) is 86.5 cm³/mol. The van der Waals surface area contributed by atoms with Gasteiger partial charge in [0.1, 0.15) is 16.9 Å². The van der Waals surface area contributed by atoms with Crippen LogP contribution < -0.4 is 5.32 Å². The molecule has 2 atom stereocenters. The lowest BCUT2D eigenvalue weighted by Crippen LogP contribution is -2.35. The van der Waals surface area contributed by atoms with Gasteiger partial charge >= 0.3 is 0 Å². The molecular formula is C17H19NO2S. The fourth-order valence-corrected chi connectivity index (χ4v) is 3.13. The number of rotatable bonds is 5. The van der Waals surface area contributed by atoms with Crippen LogP contribution in [0.15, 0.2) is 52.3 Å². The quantitative estimate of drug-likeness (QED) is 0.747. The molecule has 0 spiro atoms. The highest BCUT2D eigenvalue weighted by Crippen LogP contribution is 2.27. The van der Waals surface area contributed by atoms with Crippen LogP contribution >= 0.6 is 11.3 Å². The number of hydrogen-bond acceptors (Lipinski definition) is 4. The number of hydrogen-bond donors (Lipinski definition) is 2. The number of benzene rings is 1. The Balaban J connectivity index is 1.70. The van der Waals surface area contributed by atoms with Crippen LogP contribution in [0.4, 0.5) is 0 Å². The van der Waals surface area contributed by atoms with Crippen molar-refractivity contribution in [1.29, 1.82) is 0 Å². The van der Waals surface area contributed by atoms with Gasteiger partial charge in [0.2, 0.25) is 0 Å². The molecule has 4 heteroatoms. The maximum absolute atomic E-state index is 10.5. The molecule has 21 heavy (non-hydrogen) atoms. The number of thiophene rings is 1. The van der Waals surface area contributed by atoms with Crippen molar-refractivity contribution in [3.63, 3.8) is 0 Å². The second-order valence-corrected chi connectivity index (χ2v) is 6.49. The Morgan fingerprint density at radius 3 is 2.81 bits per heavy atom. The summed E-state index contributed by atoms with van der Waals surface area (Å²) >= 11 is 1.57. The predicted octanol–water partition coefficient (Wildman–Crippen LogP) is 4.05. The van der Waals surface area contributed by atoms with E-state index in [1.807, 2.05) is 61.7 Å². The molecule has 3 nitrogen and oxygen atoms in total. The van der Waals surface area contributed by atoms with Gasteiger partial charge < -0.3 is 14.8 Å². The van der Waals surface area contributed by atoms with Gasteiger partial charge in [-0.2, -0.15) is 0 Å². The van der Waals surface area contributed by atoms with Crippen molar-refractivity contribution >= 4 is 22.3 Å². The first-order valence-corrected chi connectivity index (χ1v) is 7.92. The van der Waals surface area contributed by atoms with Crippen LogP contribution in [0.2, 0.25) is 0 Å². The van der Waals surface area contributed by atoms with E-state index in [-0.39, 0.29) is 6.04 Å². The summed E-state index contributed by atoms with van der Waals surface area (Å²) in [6.45, 7) is 4.35. The van der Waals surface area contributed by atoms with Crippen molar-refractivity contribution in [2.75, 3.05) is 6.54 Å². The first-order valence-electron chi connectivity index (χ1n) is 7.04. The molecule has 0 aliphatic carbocycles. The van der Waals surface area contributed by atoms with Crippen molar-refractivity contribution in [1.82, 2.24) is 5.32 Å². The number of aliphatic hydroxyl groups is 1. The fraction of sp³-hybridized carbons (Fsp3) is 0.294. The molecule has 1 aromatic carbocycles. The van der Waals surface area contributed by atoms with E-state index in [1.54, 1.807) is 11.3 Å². The lowest BCUT2D eigenvalue weighted by molar-refractivity contribution is 0.0574. The molecule has 0 aliphatic heterocycles. The second kappa shape index (κ2) is 5.64. The van der Waals surface area contributed by atoms with E-state index in [1.165, 1.54) is 0 Å². The van der Waals surface area contributed by atoms with Crippen molar-refractivity contribution in [2.24, 2.45) is 0 Å². The Hall–Kier alpha value is -1.62. The number of nitrogens with one attached hydrogen (secondary N) is 1. The minimum atomic E-state index is -0.867. The molecule has 0 saturated carbocycles. The number of furan rings is 1. The lowest BCUT2D eigenvalue weighted by atomic mass is 10.0. The van der Waals surface area contributed by atoms with Crippen molar-refractivity contribution in [2.45, 2.75) is 25.5 Å². The highest BCUT2D eigenvalue weighted by atomic mass is 32.1. The zero-order valence-electron chi connectivity index (χ0n) is 12.2. The highest BCUT2D eigenvalue weighted by Gasteiger charge is 2.25. The van der Waals surface area contributed by atoms with Crippen LogP contribution in [0, 0.1) is 0 Å². The Kier molecular flexibility index (Phi) is 3.85. The molecule has 3 rings (SSSR count). The average molecular weight is 301 g/mol. The zero-order chi connectivity index (χ0) is 14.9. The minimum Gasteiger partial charge on any atom is -0.459 e. The summed E-state index contributed by atoms with van der Waals surface area (Å²) in [5.41, 5.74) is 0.0280. The molecule has 2 heterocycles. The van der Waals surface area contributed by atoms with E-state index in [9.17, 15) is 5.11 Å². The molecule has 2 aromatic heterocycles. The molecule has 0 unspecified atom stereocenters. The molecular weight excluding hydrogens is 282 g/mol. The SMILES string of the molecule is C[C@@H](NC[C@](C)(O)c1cccs1)c1cc2ccccc2o1. The van der Waals surface area contributed by atoms with E-state index < -0.39 is 5.60 Å². The van der Waals surface area contributed by atoms with E-state index in [0.717, 1.165) is 21.6 Å². The van der Waals surface area contributed by atoms with Gasteiger partial charge in [-0.25, -0.2) is 0 Å². The summed E-state index contributed by atoms with van der Waals surface area (Å²) in [5.74, 6) is 0.887. The summed E-state index contributed by atoms with van der Waals surface area (Å²) in [7, 11) is 0. The van der Waals surface area contributed by atoms with Gasteiger partial charge in [-0.05, 0) is 37.4 Å². The summed E-state index contributed by atoms with van der Waals surface area (Å²) < 4.78 is 5.84. The standard InChI is InChI=1S/C17H19NO2S/c1-12(15-10-13-6-3-4-7-14(13)20-15)18-11-17(2,19)16-8-5-9-21-16/h3-10,12,18-19H,11H2,1-2H3/t12-,17+/m1/s1. The van der Waals surface area contributed by atoms with E-state index in [0.29, 0.717) is 6.54 Å². The van der Waals surface area contributed by atoms with Crippen LogP contribution in [-0.4, -0.2) is 11.7 Å². The zero-order valence-corrected chi connectivity index (χ0v) is 13.0. The average Bonchev–Trinajstić information content (AvgIpc) is 3.13. The molecule has 0 radical (unpaired) electrons. The van der Waals surface area contributed by atoms with Gasteiger partial charge in [-0.15, -0.1) is 11.3 Å². The summed E-state index contributed by atoms with van der Waals surface area (Å²) in [6, 6.07) is 14.0. The van der Waals surface area contributed by atoms with E-state index in [2.05, 4.69) is 5.32 Å². The van der Waals surface area contributed by atoms with E-state index >= 15 is 0 Å². The van der Waals surface area contributed by atoms with Crippen LogP contribution in [0.5, 0.6) is 0 Å². The maximum atomic E-state index is 10.5. The van der Waals surface area contributed by atoms with Gasteiger partial charge in [0.05, 0.1) is 6.04 Å². The van der Waals surface area contributed by atoms with Crippen molar-refractivity contribution in [3.8, 4) is 0 Å². The molecule has 0 bridgehead atoms. The largest absolute Gasteiger partial charge is 0.459 e. The summed E-state index contributed by atoms with van der Waals surface area (Å²) in [5, 5.41) is 17.0. The first kappa shape index (κ1) is 14.3. The van der Waals surface area contributed by atoms with Crippen LogP contribution in [0.25, 0.3) is 11.0 Å². The topological polar surface area (TPSA) is 45.4 Å². The molecule has 0 aliphatic rings. The number of para-hydroxylation sites is 1. The Labute approximate surface area is 128 Å². The normalized spacial score (nSPS) is 16.0. The minimum absolute atomic E-state index is 0.0452. The smallest absolute Gasteiger partial charge is 0.134 e. The van der Waals surface area contributed by atoms with Crippen LogP contribution in [0.3, 0.4) is 0 Å². The van der Waals surface area contributed by atoms with Gasteiger partial charge in [0.15, 0.2) is 0 Å². The third-order valence-corrected chi connectivity index (χ3v) is 4.80. The second-order valence-electron chi connectivity index (χ2n) is 5.54. The summed E-state index contributed by atoms with van der Waals surface area (Å²) in [6.07, 6.45) is 0. The van der Waals surface area contributed by atoms with Crippen molar-refractivity contribution < 1.29 is 9.52 Å². The number of fused-ring (bicyclic) bond motifs is 1. The molecule has 0 amide bonds. The molecule has 2 N–H and O–H groups in total. The van der Waals surface area contributed by atoms with Crippen LogP contribution in [0.1, 0.15) is 30.5 Å². The Morgan fingerprint density at radius 2 is 2.10 bits per heavy atom. The van der Waals surface area contributed by atoms with E-state index in [4.69, 9.17) is 4.42 Å².